The van der Waals surface area contributed by atoms with Crippen LogP contribution in [0.3, 0.4) is 0 Å². The Labute approximate surface area is 164 Å². The molecule has 0 aromatic heterocycles. The van der Waals surface area contributed by atoms with Gasteiger partial charge >= 0.3 is 0 Å². The maximum atomic E-state index is 2.65. The standard InChI is InChI=1S/C25H32N2/c1-3-5-15-26-22(17-20-11-7-9-13-24(20)26)19-23-18-21-12-8-10-14-25(21)27(23)16-6-4-2/h7-14,19,22H,3-6,15-18H2,1-2H3/p+2. The summed E-state index contributed by atoms with van der Waals surface area (Å²) in [5.41, 5.74) is 7.74. The Balaban J connectivity index is 1.63. The molecule has 0 saturated heterocycles. The predicted molar refractivity (Wildman–Crippen MR) is 113 cm³/mol. The van der Waals surface area contributed by atoms with Crippen molar-refractivity contribution in [3.63, 3.8) is 0 Å². The molecule has 2 aliphatic heterocycles. The average Bonchev–Trinajstić information content (AvgIpc) is 3.22. The predicted octanol–water partition coefficient (Wildman–Crippen LogP) is 3.38. The minimum absolute atomic E-state index is 0.592. The van der Waals surface area contributed by atoms with Crippen LogP contribution in [0.15, 0.2) is 60.3 Å². The Bertz CT molecular complexity index is 807. The summed E-state index contributed by atoms with van der Waals surface area (Å²) in [6.07, 6.45) is 10.1. The molecule has 3 atom stereocenters. The maximum Gasteiger partial charge on any atom is 0.139 e. The third kappa shape index (κ3) is 3.74. The molecule has 2 aliphatic rings. The van der Waals surface area contributed by atoms with E-state index in [9.17, 15) is 0 Å². The maximum absolute atomic E-state index is 2.65. The SMILES string of the molecule is CCCC[NH+]1C(=CC2Cc3ccccc3[NH+]2CCCC)Cc2ccccc21. The molecule has 2 nitrogen and oxygen atoms in total. The number of para-hydroxylation sites is 2. The van der Waals surface area contributed by atoms with E-state index in [4.69, 9.17) is 0 Å². The number of rotatable bonds is 7. The third-order valence-electron chi connectivity index (χ3n) is 6.34. The monoisotopic (exact) mass is 362 g/mol. The number of nitrogens with one attached hydrogen (secondary N) is 2. The quantitative estimate of drug-likeness (QED) is 0.747. The Morgan fingerprint density at radius 2 is 1.52 bits per heavy atom. The first-order valence-corrected chi connectivity index (χ1v) is 10.9. The van der Waals surface area contributed by atoms with Crippen molar-refractivity contribution in [2.75, 3.05) is 13.1 Å². The van der Waals surface area contributed by atoms with Crippen molar-refractivity contribution in [3.8, 4) is 0 Å². The molecule has 4 rings (SSSR count). The smallest absolute Gasteiger partial charge is 0.139 e. The van der Waals surface area contributed by atoms with E-state index < -0.39 is 0 Å². The van der Waals surface area contributed by atoms with Gasteiger partial charge in [0.25, 0.3) is 0 Å². The molecule has 142 valence electrons. The summed E-state index contributed by atoms with van der Waals surface area (Å²) in [7, 11) is 0. The molecular weight excluding hydrogens is 328 g/mol. The van der Waals surface area contributed by atoms with Gasteiger partial charge in [-0.15, -0.1) is 0 Å². The van der Waals surface area contributed by atoms with Crippen molar-refractivity contribution in [3.05, 3.63) is 71.4 Å². The molecule has 27 heavy (non-hydrogen) atoms. The fourth-order valence-electron chi connectivity index (χ4n) is 4.92. The van der Waals surface area contributed by atoms with Crippen LogP contribution in [0.2, 0.25) is 0 Å². The highest BCUT2D eigenvalue weighted by Gasteiger charge is 2.36. The second kappa shape index (κ2) is 8.41. The summed E-state index contributed by atoms with van der Waals surface area (Å²) in [5.74, 6) is 0. The lowest BCUT2D eigenvalue weighted by Gasteiger charge is -2.21. The summed E-state index contributed by atoms with van der Waals surface area (Å²) in [5, 5.41) is 0. The molecule has 0 radical (unpaired) electrons. The van der Waals surface area contributed by atoms with E-state index in [-0.39, 0.29) is 0 Å². The zero-order valence-corrected chi connectivity index (χ0v) is 16.9. The van der Waals surface area contributed by atoms with E-state index in [0.29, 0.717) is 6.04 Å². The molecule has 0 amide bonds. The van der Waals surface area contributed by atoms with Crippen molar-refractivity contribution in [1.82, 2.24) is 0 Å². The molecule has 0 spiro atoms. The lowest BCUT2D eigenvalue weighted by molar-refractivity contribution is -0.848. The summed E-state index contributed by atoms with van der Waals surface area (Å²) in [4.78, 5) is 3.31. The minimum Gasteiger partial charge on any atom is -0.296 e. The van der Waals surface area contributed by atoms with Gasteiger partial charge in [0.2, 0.25) is 0 Å². The summed E-state index contributed by atoms with van der Waals surface area (Å²) >= 11 is 0. The summed E-state index contributed by atoms with van der Waals surface area (Å²) in [6, 6.07) is 18.8. The molecule has 0 aliphatic carbocycles. The highest BCUT2D eigenvalue weighted by Crippen LogP contribution is 2.24. The second-order valence-corrected chi connectivity index (χ2v) is 8.20. The Morgan fingerprint density at radius 1 is 0.852 bits per heavy atom. The van der Waals surface area contributed by atoms with E-state index in [1.165, 1.54) is 56.4 Å². The van der Waals surface area contributed by atoms with Crippen LogP contribution in [0, 0.1) is 0 Å². The first-order chi connectivity index (χ1) is 13.3. The van der Waals surface area contributed by atoms with E-state index in [1.54, 1.807) is 26.7 Å². The average molecular weight is 363 g/mol. The van der Waals surface area contributed by atoms with Gasteiger partial charge in [-0.05, 0) is 25.0 Å². The van der Waals surface area contributed by atoms with E-state index in [2.05, 4.69) is 68.5 Å². The normalized spacial score (nSPS) is 25.0. The van der Waals surface area contributed by atoms with Crippen LogP contribution in [-0.4, -0.2) is 19.1 Å². The Morgan fingerprint density at radius 3 is 2.30 bits per heavy atom. The van der Waals surface area contributed by atoms with Crippen molar-refractivity contribution < 1.29 is 9.80 Å². The van der Waals surface area contributed by atoms with Gasteiger partial charge in [-0.3, -0.25) is 9.80 Å². The first-order valence-electron chi connectivity index (χ1n) is 10.9. The van der Waals surface area contributed by atoms with Gasteiger partial charge < -0.3 is 0 Å². The third-order valence-corrected chi connectivity index (χ3v) is 6.34. The van der Waals surface area contributed by atoms with Crippen LogP contribution < -0.4 is 9.80 Å². The van der Waals surface area contributed by atoms with Crippen LogP contribution in [-0.2, 0) is 12.8 Å². The van der Waals surface area contributed by atoms with Gasteiger partial charge in [-0.2, -0.15) is 0 Å². The lowest BCUT2D eigenvalue weighted by Crippen LogP contribution is -3.10. The molecule has 2 N–H and O–H groups in total. The fraction of sp³-hybridized carbons (Fsp3) is 0.440. The van der Waals surface area contributed by atoms with E-state index in [0.717, 1.165) is 6.42 Å². The second-order valence-electron chi connectivity index (χ2n) is 8.20. The van der Waals surface area contributed by atoms with Crippen LogP contribution in [0.1, 0.15) is 50.7 Å². The van der Waals surface area contributed by atoms with Gasteiger partial charge in [0.1, 0.15) is 23.1 Å². The van der Waals surface area contributed by atoms with Gasteiger partial charge in [0.15, 0.2) is 0 Å². The molecule has 0 bridgehead atoms. The zero-order valence-electron chi connectivity index (χ0n) is 16.9. The molecule has 2 heteroatoms. The summed E-state index contributed by atoms with van der Waals surface area (Å²) < 4.78 is 0. The molecule has 0 saturated carbocycles. The molecule has 0 fully saturated rings. The van der Waals surface area contributed by atoms with Crippen LogP contribution in [0.4, 0.5) is 11.4 Å². The topological polar surface area (TPSA) is 8.88 Å². The number of allylic oxidation sites excluding steroid dienone is 1. The van der Waals surface area contributed by atoms with E-state index >= 15 is 0 Å². The van der Waals surface area contributed by atoms with Crippen molar-refractivity contribution >= 4 is 11.4 Å². The van der Waals surface area contributed by atoms with Crippen molar-refractivity contribution in [2.45, 2.75) is 58.4 Å². The lowest BCUT2D eigenvalue weighted by atomic mass is 10.1. The number of benzene rings is 2. The highest BCUT2D eigenvalue weighted by atomic mass is 15.2. The van der Waals surface area contributed by atoms with Crippen molar-refractivity contribution in [2.24, 2.45) is 0 Å². The summed E-state index contributed by atoms with van der Waals surface area (Å²) in [6.45, 7) is 7.08. The number of unbranched alkanes of at least 4 members (excludes halogenated alkanes) is 2. The first kappa shape index (κ1) is 18.5. The largest absolute Gasteiger partial charge is 0.296 e. The van der Waals surface area contributed by atoms with Crippen LogP contribution in [0.25, 0.3) is 0 Å². The van der Waals surface area contributed by atoms with Gasteiger partial charge in [0.05, 0.1) is 19.5 Å². The van der Waals surface area contributed by atoms with Crippen molar-refractivity contribution in [1.29, 1.82) is 0 Å². The molecule has 3 unspecified atom stereocenters. The van der Waals surface area contributed by atoms with Crippen LogP contribution in [0.5, 0.6) is 0 Å². The molecular formula is C25H34N2+2. The number of quaternary nitrogens is 2. The number of hydrogen-bond donors (Lipinski definition) is 2. The number of fused-ring (bicyclic) bond motifs is 2. The molecule has 2 heterocycles. The highest BCUT2D eigenvalue weighted by molar-refractivity contribution is 5.47. The van der Waals surface area contributed by atoms with Gasteiger partial charge in [-0.25, -0.2) is 0 Å². The van der Waals surface area contributed by atoms with Gasteiger partial charge in [0, 0.05) is 23.6 Å². The zero-order chi connectivity index (χ0) is 18.6. The molecule has 2 aromatic carbocycles. The Kier molecular flexibility index (Phi) is 5.75. The number of hydrogen-bond acceptors (Lipinski definition) is 0. The van der Waals surface area contributed by atoms with Crippen LogP contribution >= 0.6 is 0 Å². The fourth-order valence-corrected chi connectivity index (χ4v) is 4.92. The molecule has 2 aromatic rings. The van der Waals surface area contributed by atoms with Gasteiger partial charge in [-0.1, -0.05) is 63.1 Å². The minimum atomic E-state index is 0.592. The van der Waals surface area contributed by atoms with E-state index in [1.807, 2.05) is 0 Å². The Hall–Kier alpha value is -1.90.